The number of nitrogens with one attached hydrogen (secondary N) is 1. The van der Waals surface area contributed by atoms with Gasteiger partial charge >= 0.3 is 0 Å². The van der Waals surface area contributed by atoms with Crippen molar-refractivity contribution < 1.29 is 4.79 Å². The molecule has 3 aromatic heterocycles. The normalized spacial score (nSPS) is 16.6. The van der Waals surface area contributed by atoms with E-state index in [1.165, 1.54) is 17.7 Å². The number of carbonyl (C=O) groups is 1. The summed E-state index contributed by atoms with van der Waals surface area (Å²) in [7, 11) is 0. The Bertz CT molecular complexity index is 1090. The van der Waals surface area contributed by atoms with Crippen LogP contribution < -0.4 is 10.9 Å². The van der Waals surface area contributed by atoms with Gasteiger partial charge in [0, 0.05) is 29.3 Å². The fourth-order valence-electron chi connectivity index (χ4n) is 4.18. The summed E-state index contributed by atoms with van der Waals surface area (Å²) >= 11 is 3.29. The van der Waals surface area contributed by atoms with E-state index in [0.717, 1.165) is 34.3 Å². The molecule has 1 unspecified atom stereocenters. The van der Waals surface area contributed by atoms with E-state index in [-0.39, 0.29) is 23.9 Å². The lowest BCUT2D eigenvalue weighted by Crippen LogP contribution is -2.41. The van der Waals surface area contributed by atoms with Gasteiger partial charge in [-0.15, -0.1) is 22.7 Å². The topological polar surface area (TPSA) is 67.2 Å². The van der Waals surface area contributed by atoms with Crippen molar-refractivity contribution in [3.63, 3.8) is 0 Å². The number of nitrogens with zero attached hydrogens (tertiary/aromatic N) is 3. The van der Waals surface area contributed by atoms with Crippen molar-refractivity contribution >= 4 is 38.8 Å². The zero-order valence-corrected chi connectivity index (χ0v) is 20.0. The molecule has 0 bridgehead atoms. The van der Waals surface area contributed by atoms with E-state index in [4.69, 9.17) is 0 Å². The van der Waals surface area contributed by atoms with E-state index in [1.807, 2.05) is 13.8 Å². The molecule has 166 valence electrons. The van der Waals surface area contributed by atoms with Gasteiger partial charge in [-0.3, -0.25) is 19.1 Å². The lowest BCUT2D eigenvalue weighted by molar-refractivity contribution is -0.121. The summed E-state index contributed by atoms with van der Waals surface area (Å²) in [6, 6.07) is 4.45. The molecule has 1 aliphatic rings. The number of likely N-dealkylation sites (tertiary alicyclic amines) is 1. The van der Waals surface area contributed by atoms with Crippen LogP contribution in [0.25, 0.3) is 10.2 Å². The minimum atomic E-state index is -0.0569. The second-order valence-electron chi connectivity index (χ2n) is 8.51. The highest BCUT2D eigenvalue weighted by molar-refractivity contribution is 7.18. The number of fused-ring (bicyclic) bond motifs is 1. The van der Waals surface area contributed by atoms with Crippen molar-refractivity contribution in [2.24, 2.45) is 5.92 Å². The first-order valence-corrected chi connectivity index (χ1v) is 12.6. The number of hydrogen-bond donors (Lipinski definition) is 1. The van der Waals surface area contributed by atoms with Crippen LogP contribution in [0.5, 0.6) is 0 Å². The Morgan fingerprint density at radius 2 is 2.10 bits per heavy atom. The number of piperidine rings is 1. The largest absolute Gasteiger partial charge is 0.354 e. The maximum absolute atomic E-state index is 12.8. The van der Waals surface area contributed by atoms with Gasteiger partial charge in [-0.05, 0) is 62.7 Å². The standard InChI is InChI=1S/C23H30N4O2S2/c1-15-6-9-26(10-7-15)18(19-5-4-12-30-19)13-24-20(28)8-11-27-14-25-22-21(23(27)29)16(2)17(3)31-22/h4-5,12,14-15,18H,6-11,13H2,1-3H3,(H,24,28). The van der Waals surface area contributed by atoms with Gasteiger partial charge in [0.1, 0.15) is 4.83 Å². The third-order valence-corrected chi connectivity index (χ3v) is 8.45. The molecular weight excluding hydrogens is 428 g/mol. The number of aromatic nitrogens is 2. The summed E-state index contributed by atoms with van der Waals surface area (Å²) in [4.78, 5) is 35.5. The lowest BCUT2D eigenvalue weighted by Gasteiger charge is -2.36. The molecule has 8 heteroatoms. The first kappa shape index (κ1) is 22.2. The molecule has 31 heavy (non-hydrogen) atoms. The van der Waals surface area contributed by atoms with Crippen LogP contribution in [0.15, 0.2) is 28.6 Å². The summed E-state index contributed by atoms with van der Waals surface area (Å²) in [5.74, 6) is 0.742. The molecule has 4 rings (SSSR count). The number of carbonyl (C=O) groups excluding carboxylic acids is 1. The average Bonchev–Trinajstić information content (AvgIpc) is 3.38. The first-order valence-electron chi connectivity index (χ1n) is 10.9. The van der Waals surface area contributed by atoms with E-state index in [1.54, 1.807) is 33.6 Å². The van der Waals surface area contributed by atoms with Crippen LogP contribution in [0, 0.1) is 19.8 Å². The van der Waals surface area contributed by atoms with E-state index in [9.17, 15) is 9.59 Å². The smallest absolute Gasteiger partial charge is 0.262 e. The molecule has 1 aliphatic heterocycles. The highest BCUT2D eigenvalue weighted by Gasteiger charge is 2.25. The molecule has 4 heterocycles. The van der Waals surface area contributed by atoms with Crippen molar-refractivity contribution in [1.82, 2.24) is 19.8 Å². The molecule has 0 radical (unpaired) electrons. The number of aryl methyl sites for hydroxylation is 3. The Morgan fingerprint density at radius 1 is 1.32 bits per heavy atom. The van der Waals surface area contributed by atoms with E-state index in [2.05, 4.69) is 39.6 Å². The molecule has 1 fully saturated rings. The van der Waals surface area contributed by atoms with Gasteiger partial charge in [0.05, 0.1) is 17.8 Å². The summed E-state index contributed by atoms with van der Waals surface area (Å²) in [6.45, 7) is 9.36. The van der Waals surface area contributed by atoms with Gasteiger partial charge in [-0.2, -0.15) is 0 Å². The maximum atomic E-state index is 12.8. The summed E-state index contributed by atoms with van der Waals surface area (Å²) in [6.07, 6.45) is 4.24. The van der Waals surface area contributed by atoms with Crippen molar-refractivity contribution in [2.45, 2.75) is 52.6 Å². The number of amides is 1. The zero-order valence-electron chi connectivity index (χ0n) is 18.4. The Hall–Kier alpha value is -2.03. The molecule has 0 aliphatic carbocycles. The zero-order chi connectivity index (χ0) is 22.0. The summed E-state index contributed by atoms with van der Waals surface area (Å²) < 4.78 is 1.56. The Balaban J connectivity index is 1.38. The molecule has 3 aromatic rings. The Morgan fingerprint density at radius 3 is 2.81 bits per heavy atom. The van der Waals surface area contributed by atoms with E-state index < -0.39 is 0 Å². The molecule has 1 saturated heterocycles. The van der Waals surface area contributed by atoms with Crippen molar-refractivity contribution in [3.8, 4) is 0 Å². The lowest BCUT2D eigenvalue weighted by atomic mass is 9.97. The third-order valence-electron chi connectivity index (χ3n) is 6.36. The Kier molecular flexibility index (Phi) is 6.89. The Labute approximate surface area is 190 Å². The average molecular weight is 459 g/mol. The van der Waals surface area contributed by atoms with Gasteiger partial charge < -0.3 is 5.32 Å². The van der Waals surface area contributed by atoms with Gasteiger partial charge in [0.2, 0.25) is 5.91 Å². The molecule has 1 atom stereocenters. The first-order chi connectivity index (χ1) is 14.9. The molecule has 0 spiro atoms. The van der Waals surface area contributed by atoms with Crippen molar-refractivity contribution in [2.75, 3.05) is 19.6 Å². The van der Waals surface area contributed by atoms with Gasteiger partial charge in [0.25, 0.3) is 5.56 Å². The van der Waals surface area contributed by atoms with Crippen molar-refractivity contribution in [1.29, 1.82) is 0 Å². The maximum Gasteiger partial charge on any atom is 0.262 e. The summed E-state index contributed by atoms with van der Waals surface area (Å²) in [5.41, 5.74) is 0.935. The molecule has 1 amide bonds. The van der Waals surface area contributed by atoms with E-state index in [0.29, 0.717) is 18.5 Å². The van der Waals surface area contributed by atoms with Crippen LogP contribution in [0.2, 0.25) is 0 Å². The van der Waals surface area contributed by atoms with Crippen molar-refractivity contribution in [3.05, 3.63) is 49.5 Å². The van der Waals surface area contributed by atoms with Crippen LogP contribution in [0.1, 0.15) is 47.5 Å². The second-order valence-corrected chi connectivity index (χ2v) is 10.7. The highest BCUT2D eigenvalue weighted by atomic mass is 32.1. The molecule has 0 aromatic carbocycles. The second kappa shape index (κ2) is 9.63. The predicted molar refractivity (Wildman–Crippen MR) is 128 cm³/mol. The predicted octanol–water partition coefficient (Wildman–Crippen LogP) is 4.12. The molecular formula is C23H30N4O2S2. The van der Waals surface area contributed by atoms with E-state index >= 15 is 0 Å². The third kappa shape index (κ3) is 4.91. The molecule has 0 saturated carbocycles. The highest BCUT2D eigenvalue weighted by Crippen LogP contribution is 2.29. The number of thiophene rings is 2. The quantitative estimate of drug-likeness (QED) is 0.578. The fourth-order valence-corrected chi connectivity index (χ4v) is 6.03. The number of hydrogen-bond acceptors (Lipinski definition) is 6. The molecule has 6 nitrogen and oxygen atoms in total. The summed E-state index contributed by atoms with van der Waals surface area (Å²) in [5, 5.41) is 5.89. The minimum absolute atomic E-state index is 0.0304. The van der Waals surface area contributed by atoms with Gasteiger partial charge in [-0.1, -0.05) is 13.0 Å². The SMILES string of the molecule is Cc1sc2ncn(CCC(=O)NCC(c3cccs3)N3CCC(C)CC3)c(=O)c2c1C. The number of rotatable bonds is 7. The van der Waals surface area contributed by atoms with Gasteiger partial charge in [-0.25, -0.2) is 4.98 Å². The monoisotopic (exact) mass is 458 g/mol. The van der Waals surface area contributed by atoms with Crippen LogP contribution in [0.3, 0.4) is 0 Å². The van der Waals surface area contributed by atoms with Gasteiger partial charge in [0.15, 0.2) is 0 Å². The molecule has 1 N–H and O–H groups in total. The van der Waals surface area contributed by atoms with Crippen LogP contribution >= 0.6 is 22.7 Å². The van der Waals surface area contributed by atoms with Crippen LogP contribution in [-0.4, -0.2) is 40.0 Å². The van der Waals surface area contributed by atoms with Crippen LogP contribution in [0.4, 0.5) is 0 Å². The van der Waals surface area contributed by atoms with Crippen LogP contribution in [-0.2, 0) is 11.3 Å². The minimum Gasteiger partial charge on any atom is -0.354 e. The fraction of sp³-hybridized carbons (Fsp3) is 0.522.